The molecule has 1 saturated heterocycles. The largest absolute Gasteiger partial charge is 0.333 e. The summed E-state index contributed by atoms with van der Waals surface area (Å²) in [6.45, 7) is 2.77. The number of anilines is 1. The van der Waals surface area contributed by atoms with E-state index in [1.54, 1.807) is 4.90 Å². The number of fused-ring (bicyclic) bond motifs is 1. The Kier molecular flexibility index (Phi) is 4.12. The van der Waals surface area contributed by atoms with E-state index in [2.05, 4.69) is 15.6 Å². The molecule has 1 aliphatic rings. The molecule has 0 bridgehead atoms. The van der Waals surface area contributed by atoms with E-state index in [9.17, 15) is 9.59 Å². The predicted molar refractivity (Wildman–Crippen MR) is 82.3 cm³/mol. The van der Waals surface area contributed by atoms with E-state index in [-0.39, 0.29) is 0 Å². The number of para-hydroxylation sites is 1. The zero-order valence-electron chi connectivity index (χ0n) is 11.5. The van der Waals surface area contributed by atoms with Gasteiger partial charge in [-0.25, -0.2) is 4.98 Å². The molecule has 2 heterocycles. The van der Waals surface area contributed by atoms with Crippen LogP contribution >= 0.6 is 11.3 Å². The van der Waals surface area contributed by atoms with Crippen LogP contribution < -0.4 is 10.6 Å². The topological polar surface area (TPSA) is 74.3 Å². The summed E-state index contributed by atoms with van der Waals surface area (Å²) in [5, 5.41) is 6.27. The third kappa shape index (κ3) is 3.20. The highest BCUT2D eigenvalue weighted by molar-refractivity contribution is 7.22. The number of hydrogen-bond donors (Lipinski definition) is 2. The van der Waals surface area contributed by atoms with Crippen molar-refractivity contribution in [3.8, 4) is 0 Å². The van der Waals surface area contributed by atoms with Gasteiger partial charge in [-0.05, 0) is 25.1 Å². The molecule has 1 aromatic carbocycles. The number of nitrogens with one attached hydrogen (secondary N) is 2. The Morgan fingerprint density at radius 2 is 2.10 bits per heavy atom. The van der Waals surface area contributed by atoms with Gasteiger partial charge in [0.1, 0.15) is 0 Å². The van der Waals surface area contributed by atoms with E-state index in [1.165, 1.54) is 11.3 Å². The molecule has 110 valence electrons. The maximum Gasteiger partial charge on any atom is 0.315 e. The van der Waals surface area contributed by atoms with Crippen molar-refractivity contribution in [3.63, 3.8) is 0 Å². The van der Waals surface area contributed by atoms with Gasteiger partial charge in [0.2, 0.25) is 0 Å². The molecule has 6 nitrogen and oxygen atoms in total. The lowest BCUT2D eigenvalue weighted by atomic mass is 10.3. The number of aromatic nitrogens is 1. The molecule has 0 atom stereocenters. The molecular weight excluding hydrogens is 288 g/mol. The summed E-state index contributed by atoms with van der Waals surface area (Å²) < 4.78 is 0.985. The minimum absolute atomic E-state index is 0.461. The van der Waals surface area contributed by atoms with Crippen LogP contribution in [0.5, 0.6) is 0 Å². The smallest absolute Gasteiger partial charge is 0.315 e. The fraction of sp³-hybridized carbons (Fsp3) is 0.357. The zero-order valence-corrected chi connectivity index (χ0v) is 12.3. The number of benzene rings is 1. The Labute approximate surface area is 126 Å². The molecule has 1 aliphatic heterocycles. The normalized spacial score (nSPS) is 15.7. The molecule has 0 aliphatic carbocycles. The van der Waals surface area contributed by atoms with Crippen molar-refractivity contribution >= 4 is 38.5 Å². The van der Waals surface area contributed by atoms with Gasteiger partial charge in [-0.15, -0.1) is 0 Å². The molecule has 0 spiro atoms. The molecule has 3 rings (SSSR count). The second-order valence-electron chi connectivity index (χ2n) is 4.84. The van der Waals surface area contributed by atoms with Gasteiger partial charge in [-0.3, -0.25) is 14.9 Å². The van der Waals surface area contributed by atoms with Gasteiger partial charge in [0, 0.05) is 19.6 Å². The zero-order chi connectivity index (χ0) is 14.7. The maximum atomic E-state index is 12.1. The van der Waals surface area contributed by atoms with Crippen LogP contribution in [-0.2, 0) is 9.59 Å². The van der Waals surface area contributed by atoms with Crippen LogP contribution in [0.15, 0.2) is 24.3 Å². The fourth-order valence-electron chi connectivity index (χ4n) is 2.27. The summed E-state index contributed by atoms with van der Waals surface area (Å²) in [6.07, 6.45) is 0.861. The van der Waals surface area contributed by atoms with Gasteiger partial charge in [0.05, 0.1) is 10.2 Å². The second-order valence-corrected chi connectivity index (χ2v) is 5.87. The maximum absolute atomic E-state index is 12.1. The van der Waals surface area contributed by atoms with Crippen LogP contribution in [-0.4, -0.2) is 47.9 Å². The summed E-state index contributed by atoms with van der Waals surface area (Å²) >= 11 is 1.37. The summed E-state index contributed by atoms with van der Waals surface area (Å²) in [5.41, 5.74) is 0.823. The fourth-order valence-corrected chi connectivity index (χ4v) is 3.13. The molecule has 0 unspecified atom stereocenters. The summed E-state index contributed by atoms with van der Waals surface area (Å²) in [7, 11) is 0. The van der Waals surface area contributed by atoms with Crippen molar-refractivity contribution < 1.29 is 9.59 Å². The van der Waals surface area contributed by atoms with Crippen LogP contribution in [0.25, 0.3) is 10.2 Å². The first-order valence-corrected chi connectivity index (χ1v) is 7.72. The average Bonchev–Trinajstić information content (AvgIpc) is 2.71. The van der Waals surface area contributed by atoms with Crippen LogP contribution in [0.2, 0.25) is 0 Å². The molecule has 2 aromatic rings. The quantitative estimate of drug-likeness (QED) is 0.773. The molecule has 2 N–H and O–H groups in total. The van der Waals surface area contributed by atoms with Gasteiger partial charge in [0.15, 0.2) is 5.13 Å². The van der Waals surface area contributed by atoms with Gasteiger partial charge in [0.25, 0.3) is 0 Å². The molecule has 21 heavy (non-hydrogen) atoms. The van der Waals surface area contributed by atoms with Gasteiger partial charge >= 0.3 is 11.8 Å². The van der Waals surface area contributed by atoms with Crippen LogP contribution in [0.1, 0.15) is 6.42 Å². The Morgan fingerprint density at radius 3 is 2.95 bits per heavy atom. The van der Waals surface area contributed by atoms with Crippen molar-refractivity contribution in [3.05, 3.63) is 24.3 Å². The first-order chi connectivity index (χ1) is 10.2. The van der Waals surface area contributed by atoms with E-state index in [4.69, 9.17) is 0 Å². The molecule has 1 fully saturated rings. The third-order valence-electron chi connectivity index (χ3n) is 3.34. The number of rotatable bonds is 1. The van der Waals surface area contributed by atoms with E-state index in [1.807, 2.05) is 24.3 Å². The Balaban J connectivity index is 1.68. The number of hydrogen-bond acceptors (Lipinski definition) is 5. The lowest BCUT2D eigenvalue weighted by molar-refractivity contribution is -0.143. The van der Waals surface area contributed by atoms with E-state index < -0.39 is 11.8 Å². The van der Waals surface area contributed by atoms with Crippen LogP contribution in [0, 0.1) is 0 Å². The second kappa shape index (κ2) is 6.19. The Morgan fingerprint density at radius 1 is 1.24 bits per heavy atom. The van der Waals surface area contributed by atoms with Crippen LogP contribution in [0.4, 0.5) is 5.13 Å². The Hall–Kier alpha value is -1.99. The van der Waals surface area contributed by atoms with Crippen molar-refractivity contribution in [1.82, 2.24) is 15.2 Å². The lowest BCUT2D eigenvalue weighted by Crippen LogP contribution is -2.41. The lowest BCUT2D eigenvalue weighted by Gasteiger charge is -2.18. The molecular formula is C14H16N4O2S. The minimum atomic E-state index is -0.615. The highest BCUT2D eigenvalue weighted by Gasteiger charge is 2.23. The summed E-state index contributed by atoms with van der Waals surface area (Å²) in [5.74, 6) is -1.10. The Bertz CT molecular complexity index is 629. The van der Waals surface area contributed by atoms with Crippen molar-refractivity contribution in [2.45, 2.75) is 6.42 Å². The highest BCUT2D eigenvalue weighted by atomic mass is 32.1. The van der Waals surface area contributed by atoms with Gasteiger partial charge < -0.3 is 10.2 Å². The first kappa shape index (κ1) is 14.0. The van der Waals surface area contributed by atoms with E-state index >= 15 is 0 Å². The third-order valence-corrected chi connectivity index (χ3v) is 4.29. The molecule has 7 heteroatoms. The monoisotopic (exact) mass is 304 g/mol. The number of carbonyl (C=O) groups is 2. The highest BCUT2D eigenvalue weighted by Crippen LogP contribution is 2.25. The van der Waals surface area contributed by atoms with Gasteiger partial charge in [-0.2, -0.15) is 0 Å². The minimum Gasteiger partial charge on any atom is -0.333 e. The standard InChI is InChI=1S/C14H16N4O2S/c19-12(13(20)18-8-3-6-15-7-9-18)17-14-16-10-4-1-2-5-11(10)21-14/h1-2,4-5,15H,3,6-9H2,(H,16,17,19). The van der Waals surface area contributed by atoms with E-state index in [0.717, 1.165) is 29.7 Å². The SMILES string of the molecule is O=C(Nc1nc2ccccc2s1)C(=O)N1CCCNCC1. The molecule has 0 saturated carbocycles. The van der Waals surface area contributed by atoms with Crippen molar-refractivity contribution in [1.29, 1.82) is 0 Å². The van der Waals surface area contributed by atoms with Crippen molar-refractivity contribution in [2.75, 3.05) is 31.5 Å². The number of thiazole rings is 1. The molecule has 0 radical (unpaired) electrons. The van der Waals surface area contributed by atoms with Gasteiger partial charge in [-0.1, -0.05) is 23.5 Å². The van der Waals surface area contributed by atoms with Crippen LogP contribution in [0.3, 0.4) is 0 Å². The predicted octanol–water partition coefficient (Wildman–Crippen LogP) is 1.06. The van der Waals surface area contributed by atoms with E-state index in [0.29, 0.717) is 18.2 Å². The summed E-state index contributed by atoms with van der Waals surface area (Å²) in [4.78, 5) is 30.1. The molecule has 2 amide bonds. The first-order valence-electron chi connectivity index (χ1n) is 6.90. The number of nitrogens with zero attached hydrogens (tertiary/aromatic N) is 2. The summed E-state index contributed by atoms with van der Waals surface area (Å²) in [6, 6.07) is 7.62. The number of carbonyl (C=O) groups excluding carboxylic acids is 2. The average molecular weight is 304 g/mol. The molecule has 1 aromatic heterocycles. The van der Waals surface area contributed by atoms with Crippen molar-refractivity contribution in [2.24, 2.45) is 0 Å². The number of amides is 2.